The lowest BCUT2D eigenvalue weighted by atomic mass is 10.0. The summed E-state index contributed by atoms with van der Waals surface area (Å²) in [4.78, 5) is 76.4. The molecule has 4 rings (SSSR count). The van der Waals surface area contributed by atoms with Crippen LogP contribution in [0.1, 0.15) is 67.0 Å². The molecule has 0 aliphatic rings. The lowest BCUT2D eigenvalue weighted by Crippen LogP contribution is -2.30. The number of hydrogen-bond donors (Lipinski definition) is 3. The van der Waals surface area contributed by atoms with Crippen LogP contribution in [0.4, 0.5) is 0 Å². The van der Waals surface area contributed by atoms with Gasteiger partial charge in [-0.1, -0.05) is 109 Å². The maximum atomic E-state index is 13.1. The standard InChI is InChI=1S/C42H39N3O6/c46-37(19-16-31-10-4-1-5-11-31)22-25-43-40(49)34-28-35(41(50)44-26-23-38(47)20-17-32-12-6-2-7-13-32)30-36(29-34)42(51)45-27-24-39(48)21-18-33-14-8-3-9-15-33/h1-21,28-30H,22-27H2,(H,43,49)(H,44,50)(H,45,51)/b19-16+,20-17+,21-18+. The third kappa shape index (κ3) is 13.5. The number of nitrogens with one attached hydrogen (secondary N) is 3. The second kappa shape index (κ2) is 20.1. The summed E-state index contributed by atoms with van der Waals surface area (Å²) >= 11 is 0. The van der Waals surface area contributed by atoms with E-state index in [0.717, 1.165) is 16.7 Å². The van der Waals surface area contributed by atoms with E-state index < -0.39 is 17.7 Å². The minimum atomic E-state index is -0.582. The molecule has 3 amide bonds. The Balaban J connectivity index is 1.37. The van der Waals surface area contributed by atoms with Gasteiger partial charge in [0.25, 0.3) is 17.7 Å². The Bertz CT molecular complexity index is 1680. The molecular weight excluding hydrogens is 642 g/mol. The fraction of sp³-hybridized carbons (Fsp3) is 0.143. The molecule has 0 radical (unpaired) electrons. The maximum Gasteiger partial charge on any atom is 0.251 e. The monoisotopic (exact) mass is 681 g/mol. The highest BCUT2D eigenvalue weighted by atomic mass is 16.2. The van der Waals surface area contributed by atoms with Crippen LogP contribution < -0.4 is 16.0 Å². The van der Waals surface area contributed by atoms with E-state index in [0.29, 0.717) is 0 Å². The first-order valence-corrected chi connectivity index (χ1v) is 16.5. The second-order valence-corrected chi connectivity index (χ2v) is 11.4. The predicted molar refractivity (Wildman–Crippen MR) is 199 cm³/mol. The zero-order valence-electron chi connectivity index (χ0n) is 28.0. The number of benzene rings is 4. The van der Waals surface area contributed by atoms with Crippen molar-refractivity contribution in [3.05, 3.63) is 161 Å². The molecule has 9 heteroatoms. The summed E-state index contributed by atoms with van der Waals surface area (Å²) in [5.41, 5.74) is 2.71. The molecule has 0 atom stereocenters. The van der Waals surface area contributed by atoms with Crippen molar-refractivity contribution in [3.8, 4) is 0 Å². The first-order chi connectivity index (χ1) is 24.8. The van der Waals surface area contributed by atoms with Gasteiger partial charge in [-0.2, -0.15) is 0 Å². The molecule has 0 bridgehead atoms. The van der Waals surface area contributed by atoms with Crippen molar-refractivity contribution < 1.29 is 28.8 Å². The molecule has 4 aromatic rings. The second-order valence-electron chi connectivity index (χ2n) is 11.4. The van der Waals surface area contributed by atoms with E-state index >= 15 is 0 Å². The largest absolute Gasteiger partial charge is 0.352 e. The van der Waals surface area contributed by atoms with Crippen molar-refractivity contribution in [2.24, 2.45) is 0 Å². The van der Waals surface area contributed by atoms with E-state index in [9.17, 15) is 28.8 Å². The van der Waals surface area contributed by atoms with Gasteiger partial charge < -0.3 is 16.0 Å². The number of carbonyl (C=O) groups excluding carboxylic acids is 6. The van der Waals surface area contributed by atoms with Gasteiger partial charge in [0, 0.05) is 55.6 Å². The Kier molecular flexibility index (Phi) is 14.7. The fourth-order valence-electron chi connectivity index (χ4n) is 4.73. The van der Waals surface area contributed by atoms with Crippen LogP contribution in [-0.4, -0.2) is 54.7 Å². The Hall–Kier alpha value is -6.48. The van der Waals surface area contributed by atoms with E-state index in [1.165, 1.54) is 36.4 Å². The Morgan fingerprint density at radius 1 is 0.392 bits per heavy atom. The highest BCUT2D eigenvalue weighted by Crippen LogP contribution is 2.12. The van der Waals surface area contributed by atoms with Crippen molar-refractivity contribution in [2.45, 2.75) is 19.3 Å². The maximum absolute atomic E-state index is 13.1. The third-order valence-corrected chi connectivity index (χ3v) is 7.47. The number of hydrogen-bond acceptors (Lipinski definition) is 6. The van der Waals surface area contributed by atoms with Crippen LogP contribution >= 0.6 is 0 Å². The summed E-state index contributed by atoms with van der Waals surface area (Å²) in [6.45, 7) is 0.101. The van der Waals surface area contributed by atoms with Crippen LogP contribution in [0.5, 0.6) is 0 Å². The molecule has 3 N–H and O–H groups in total. The van der Waals surface area contributed by atoms with E-state index in [1.807, 2.05) is 91.0 Å². The normalized spacial score (nSPS) is 11.1. The number of ketones is 3. The first kappa shape index (κ1) is 37.3. The molecule has 0 aromatic heterocycles. The molecule has 0 heterocycles. The predicted octanol–water partition coefficient (Wildman–Crippen LogP) is 5.89. The third-order valence-electron chi connectivity index (χ3n) is 7.47. The molecule has 0 saturated carbocycles. The average Bonchev–Trinajstić information content (AvgIpc) is 3.16. The number of carbonyl (C=O) groups is 6. The number of amides is 3. The zero-order chi connectivity index (χ0) is 36.3. The summed E-state index contributed by atoms with van der Waals surface area (Å²) in [6, 6.07) is 32.0. The molecule has 0 saturated heterocycles. The van der Waals surface area contributed by atoms with Crippen LogP contribution in [0.15, 0.2) is 127 Å². The van der Waals surface area contributed by atoms with Gasteiger partial charge in [0.2, 0.25) is 0 Å². The van der Waals surface area contributed by atoms with Crippen molar-refractivity contribution >= 4 is 53.3 Å². The summed E-state index contributed by atoms with van der Waals surface area (Å²) in [5.74, 6) is -2.31. The quantitative estimate of drug-likeness (QED) is 0.112. The molecule has 0 aliphatic carbocycles. The van der Waals surface area contributed by atoms with E-state index in [-0.39, 0.29) is 72.9 Å². The lowest BCUT2D eigenvalue weighted by Gasteiger charge is -2.11. The summed E-state index contributed by atoms with van der Waals surface area (Å²) in [7, 11) is 0. The fourth-order valence-corrected chi connectivity index (χ4v) is 4.73. The topological polar surface area (TPSA) is 139 Å². The number of allylic oxidation sites excluding steroid dienone is 3. The van der Waals surface area contributed by atoms with E-state index in [1.54, 1.807) is 18.2 Å². The summed E-state index contributed by atoms with van der Waals surface area (Å²) in [5, 5.41) is 8.01. The molecule has 4 aromatic carbocycles. The van der Waals surface area contributed by atoms with Crippen LogP contribution in [0.25, 0.3) is 18.2 Å². The van der Waals surface area contributed by atoms with Gasteiger partial charge >= 0.3 is 0 Å². The average molecular weight is 682 g/mol. The Morgan fingerprint density at radius 3 is 0.902 bits per heavy atom. The van der Waals surface area contributed by atoms with Crippen LogP contribution in [0.2, 0.25) is 0 Å². The summed E-state index contributed by atoms with van der Waals surface area (Å²) in [6.07, 6.45) is 9.54. The minimum Gasteiger partial charge on any atom is -0.352 e. The highest BCUT2D eigenvalue weighted by Gasteiger charge is 2.17. The van der Waals surface area contributed by atoms with Gasteiger partial charge in [0.05, 0.1) is 0 Å². The Labute approximate surface area is 297 Å². The van der Waals surface area contributed by atoms with E-state index in [4.69, 9.17) is 0 Å². The summed E-state index contributed by atoms with van der Waals surface area (Å²) < 4.78 is 0. The molecular formula is C42H39N3O6. The SMILES string of the molecule is O=C(/C=C/c1ccccc1)CCNC(=O)c1cc(C(=O)NCCC(=O)/C=C/c2ccccc2)cc(C(=O)NCCC(=O)/C=C/c2ccccc2)c1. The van der Waals surface area contributed by atoms with Crippen LogP contribution in [0, 0.1) is 0 Å². The van der Waals surface area contributed by atoms with Crippen molar-refractivity contribution in [1.29, 1.82) is 0 Å². The van der Waals surface area contributed by atoms with Crippen molar-refractivity contribution in [1.82, 2.24) is 16.0 Å². The van der Waals surface area contributed by atoms with Crippen molar-refractivity contribution in [2.75, 3.05) is 19.6 Å². The molecule has 51 heavy (non-hydrogen) atoms. The first-order valence-electron chi connectivity index (χ1n) is 16.5. The zero-order valence-corrected chi connectivity index (χ0v) is 28.0. The van der Waals surface area contributed by atoms with Gasteiger partial charge in [0.1, 0.15) is 0 Å². The smallest absolute Gasteiger partial charge is 0.251 e. The molecule has 0 spiro atoms. The molecule has 9 nitrogen and oxygen atoms in total. The van der Waals surface area contributed by atoms with Crippen molar-refractivity contribution in [3.63, 3.8) is 0 Å². The van der Waals surface area contributed by atoms with Gasteiger partial charge in [0.15, 0.2) is 17.3 Å². The Morgan fingerprint density at radius 2 is 0.647 bits per heavy atom. The van der Waals surface area contributed by atoms with E-state index in [2.05, 4.69) is 16.0 Å². The van der Waals surface area contributed by atoms with Gasteiger partial charge in [-0.05, 0) is 53.1 Å². The minimum absolute atomic E-state index is 0.0313. The van der Waals surface area contributed by atoms with Crippen LogP contribution in [-0.2, 0) is 14.4 Å². The number of rotatable bonds is 18. The highest BCUT2D eigenvalue weighted by molar-refractivity contribution is 6.05. The molecule has 258 valence electrons. The molecule has 0 aliphatic heterocycles. The molecule has 0 fully saturated rings. The van der Waals surface area contributed by atoms with Gasteiger partial charge in [-0.15, -0.1) is 0 Å². The van der Waals surface area contributed by atoms with Gasteiger partial charge in [-0.25, -0.2) is 0 Å². The van der Waals surface area contributed by atoms with Gasteiger partial charge in [-0.3, -0.25) is 28.8 Å². The molecule has 0 unspecified atom stereocenters. The van der Waals surface area contributed by atoms with Crippen LogP contribution in [0.3, 0.4) is 0 Å². The lowest BCUT2D eigenvalue weighted by molar-refractivity contribution is -0.115.